The molecule has 21 heavy (non-hydrogen) atoms. The van der Waals surface area contributed by atoms with E-state index < -0.39 is 6.10 Å². The minimum atomic E-state index is -0.434. The first kappa shape index (κ1) is 13.8. The number of ether oxygens (including phenoxy) is 1. The first-order chi connectivity index (χ1) is 10.3. The summed E-state index contributed by atoms with van der Waals surface area (Å²) in [6.07, 6.45) is 3.04. The van der Waals surface area contributed by atoms with Crippen molar-refractivity contribution in [2.45, 2.75) is 12.6 Å². The van der Waals surface area contributed by atoms with Crippen LogP contribution in [-0.4, -0.2) is 41.5 Å². The average Bonchev–Trinajstić information content (AvgIpc) is 2.96. The van der Waals surface area contributed by atoms with E-state index in [2.05, 4.69) is 15.7 Å². The maximum Gasteiger partial charge on any atom is 0.254 e. The van der Waals surface area contributed by atoms with Gasteiger partial charge >= 0.3 is 0 Å². The van der Waals surface area contributed by atoms with Gasteiger partial charge in [0.25, 0.3) is 5.91 Å². The van der Waals surface area contributed by atoms with Gasteiger partial charge in [-0.25, -0.2) is 0 Å². The number of hydrogen-bond donors (Lipinski definition) is 2. The van der Waals surface area contributed by atoms with Gasteiger partial charge in [-0.2, -0.15) is 5.10 Å². The number of benzene rings is 1. The predicted molar refractivity (Wildman–Crippen MR) is 79.0 cm³/mol. The Morgan fingerprint density at radius 2 is 2.29 bits per heavy atom. The van der Waals surface area contributed by atoms with E-state index in [1.165, 1.54) is 5.56 Å². The van der Waals surface area contributed by atoms with Gasteiger partial charge in [-0.15, -0.1) is 0 Å². The molecular weight excluding hydrogens is 268 g/mol. The molecule has 1 fully saturated rings. The van der Waals surface area contributed by atoms with Gasteiger partial charge in [0.05, 0.1) is 25.0 Å². The summed E-state index contributed by atoms with van der Waals surface area (Å²) in [5, 5.41) is 10.2. The molecule has 1 unspecified atom stereocenters. The highest BCUT2D eigenvalue weighted by molar-refractivity contribution is 5.94. The summed E-state index contributed by atoms with van der Waals surface area (Å²) in [5.74, 6) is -0.138. The molecule has 1 saturated heterocycles. The van der Waals surface area contributed by atoms with E-state index in [4.69, 9.17) is 4.74 Å². The summed E-state index contributed by atoms with van der Waals surface area (Å²) in [6, 6.07) is 10.1. The number of rotatable bonds is 4. The van der Waals surface area contributed by atoms with E-state index in [1.54, 1.807) is 10.9 Å². The Morgan fingerprint density at radius 3 is 3.05 bits per heavy atom. The third kappa shape index (κ3) is 3.68. The molecule has 0 radical (unpaired) electrons. The summed E-state index contributed by atoms with van der Waals surface area (Å²) in [4.78, 5) is 12.0. The maximum absolute atomic E-state index is 12.0. The molecule has 6 heteroatoms. The van der Waals surface area contributed by atoms with E-state index in [1.807, 2.05) is 36.5 Å². The molecule has 1 aromatic heterocycles. The van der Waals surface area contributed by atoms with E-state index in [0.717, 1.165) is 6.54 Å². The van der Waals surface area contributed by atoms with Gasteiger partial charge in [0.1, 0.15) is 6.10 Å². The topological polar surface area (TPSA) is 68.2 Å². The first-order valence-electron chi connectivity index (χ1n) is 7.01. The Kier molecular flexibility index (Phi) is 4.28. The van der Waals surface area contributed by atoms with E-state index >= 15 is 0 Å². The highest BCUT2D eigenvalue weighted by Gasteiger charge is 2.21. The lowest BCUT2D eigenvalue weighted by molar-refractivity contribution is -0.128. The molecule has 0 saturated carbocycles. The number of carbonyl (C=O) groups is 1. The maximum atomic E-state index is 12.0. The van der Waals surface area contributed by atoms with Crippen molar-refractivity contribution in [2.24, 2.45) is 0 Å². The van der Waals surface area contributed by atoms with Crippen LogP contribution >= 0.6 is 0 Å². The van der Waals surface area contributed by atoms with Crippen molar-refractivity contribution in [2.75, 3.05) is 25.0 Å². The van der Waals surface area contributed by atoms with Crippen LogP contribution in [0.4, 0.5) is 5.69 Å². The largest absolute Gasteiger partial charge is 0.366 e. The zero-order chi connectivity index (χ0) is 14.5. The van der Waals surface area contributed by atoms with Crippen LogP contribution in [-0.2, 0) is 16.1 Å². The molecule has 3 rings (SSSR count). The monoisotopic (exact) mass is 286 g/mol. The van der Waals surface area contributed by atoms with Crippen molar-refractivity contribution in [3.63, 3.8) is 0 Å². The fraction of sp³-hybridized carbons (Fsp3) is 0.333. The number of nitrogens with zero attached hydrogens (tertiary/aromatic N) is 2. The highest BCUT2D eigenvalue weighted by atomic mass is 16.5. The van der Waals surface area contributed by atoms with Gasteiger partial charge in [-0.05, 0) is 5.56 Å². The fourth-order valence-electron chi connectivity index (χ4n) is 2.24. The molecule has 1 aromatic carbocycles. The molecule has 2 aromatic rings. The van der Waals surface area contributed by atoms with Gasteiger partial charge < -0.3 is 15.4 Å². The van der Waals surface area contributed by atoms with Crippen molar-refractivity contribution in [1.29, 1.82) is 0 Å². The first-order valence-corrected chi connectivity index (χ1v) is 7.01. The highest BCUT2D eigenvalue weighted by Crippen LogP contribution is 2.09. The molecular formula is C15H18N4O2. The van der Waals surface area contributed by atoms with Crippen molar-refractivity contribution in [3.8, 4) is 0 Å². The lowest BCUT2D eigenvalue weighted by atomic mass is 10.2. The molecule has 1 aliphatic rings. The number of aromatic nitrogens is 2. The molecule has 1 amide bonds. The molecule has 0 spiro atoms. The molecule has 110 valence electrons. The Balaban J connectivity index is 1.58. The quantitative estimate of drug-likeness (QED) is 0.874. The lowest BCUT2D eigenvalue weighted by Crippen LogP contribution is -2.45. The lowest BCUT2D eigenvalue weighted by Gasteiger charge is -2.22. The number of nitrogens with one attached hydrogen (secondary N) is 2. The Morgan fingerprint density at radius 1 is 1.43 bits per heavy atom. The van der Waals surface area contributed by atoms with E-state index in [-0.39, 0.29) is 5.91 Å². The van der Waals surface area contributed by atoms with Crippen LogP contribution in [0.5, 0.6) is 0 Å². The molecule has 0 bridgehead atoms. The van der Waals surface area contributed by atoms with Crippen LogP contribution in [0.1, 0.15) is 5.56 Å². The predicted octanol–water partition coefficient (Wildman–Crippen LogP) is 0.858. The van der Waals surface area contributed by atoms with Gasteiger partial charge in [-0.1, -0.05) is 30.3 Å². The minimum absolute atomic E-state index is 0.138. The zero-order valence-corrected chi connectivity index (χ0v) is 11.7. The van der Waals surface area contributed by atoms with Gasteiger partial charge in [0.15, 0.2) is 0 Å². The second-order valence-corrected chi connectivity index (χ2v) is 4.96. The van der Waals surface area contributed by atoms with Crippen LogP contribution in [0, 0.1) is 0 Å². The second kappa shape index (κ2) is 6.51. The number of amides is 1. The minimum Gasteiger partial charge on any atom is -0.366 e. The third-order valence-electron chi connectivity index (χ3n) is 3.31. The van der Waals surface area contributed by atoms with Crippen LogP contribution in [0.2, 0.25) is 0 Å². The third-order valence-corrected chi connectivity index (χ3v) is 3.31. The zero-order valence-electron chi connectivity index (χ0n) is 11.7. The number of carbonyl (C=O) groups excluding carboxylic acids is 1. The summed E-state index contributed by atoms with van der Waals surface area (Å²) in [5.41, 5.74) is 1.85. The van der Waals surface area contributed by atoms with Crippen molar-refractivity contribution >= 4 is 11.6 Å². The number of morpholine rings is 1. The summed E-state index contributed by atoms with van der Waals surface area (Å²) in [6.45, 7) is 2.58. The summed E-state index contributed by atoms with van der Waals surface area (Å²) in [7, 11) is 0. The molecule has 0 aliphatic carbocycles. The second-order valence-electron chi connectivity index (χ2n) is 4.96. The Labute approximate surface area is 123 Å². The molecule has 6 nitrogen and oxygen atoms in total. The van der Waals surface area contributed by atoms with E-state index in [0.29, 0.717) is 25.4 Å². The molecule has 2 heterocycles. The van der Waals surface area contributed by atoms with Crippen molar-refractivity contribution in [1.82, 2.24) is 15.1 Å². The Hall–Kier alpha value is -2.18. The molecule has 1 aliphatic heterocycles. The summed E-state index contributed by atoms with van der Waals surface area (Å²) < 4.78 is 7.21. The van der Waals surface area contributed by atoms with Gasteiger partial charge in [-0.3, -0.25) is 9.48 Å². The smallest absolute Gasteiger partial charge is 0.254 e. The van der Waals surface area contributed by atoms with Crippen molar-refractivity contribution in [3.05, 3.63) is 48.3 Å². The van der Waals surface area contributed by atoms with Gasteiger partial charge in [0, 0.05) is 19.3 Å². The summed E-state index contributed by atoms with van der Waals surface area (Å²) >= 11 is 0. The standard InChI is InChI=1S/C15H18N4O2/c20-15(14-9-16-6-7-21-14)18-13-8-17-19(11-13)10-12-4-2-1-3-5-12/h1-5,8,11,14,16H,6-7,9-10H2,(H,18,20). The normalized spacial score (nSPS) is 18.4. The number of anilines is 1. The van der Waals surface area contributed by atoms with Crippen molar-refractivity contribution < 1.29 is 9.53 Å². The molecule has 1 atom stereocenters. The van der Waals surface area contributed by atoms with Gasteiger partial charge in [0.2, 0.25) is 0 Å². The fourth-order valence-corrected chi connectivity index (χ4v) is 2.24. The number of hydrogen-bond acceptors (Lipinski definition) is 4. The van der Waals surface area contributed by atoms with Crippen LogP contribution in [0.25, 0.3) is 0 Å². The van der Waals surface area contributed by atoms with Crippen LogP contribution in [0.3, 0.4) is 0 Å². The van der Waals surface area contributed by atoms with E-state index in [9.17, 15) is 4.79 Å². The van der Waals surface area contributed by atoms with Crippen LogP contribution in [0.15, 0.2) is 42.7 Å². The SMILES string of the molecule is O=C(Nc1cnn(Cc2ccccc2)c1)C1CNCCO1. The van der Waals surface area contributed by atoms with Crippen LogP contribution < -0.4 is 10.6 Å². The average molecular weight is 286 g/mol. The Bertz CT molecular complexity index is 591. The molecule has 2 N–H and O–H groups in total.